The number of carbonyl (C=O) groups is 1. The molecule has 1 aliphatic rings. The molecular weight excluding hydrogens is 219 g/mol. The summed E-state index contributed by atoms with van der Waals surface area (Å²) >= 11 is 0. The molecule has 1 fully saturated rings. The second-order valence-corrected chi connectivity index (χ2v) is 4.70. The number of carbonyl (C=O) groups excluding carboxylic acids is 1. The van der Waals surface area contributed by atoms with Crippen molar-refractivity contribution in [3.63, 3.8) is 0 Å². The second kappa shape index (κ2) is 4.84. The van der Waals surface area contributed by atoms with Crippen molar-refractivity contribution in [1.29, 1.82) is 0 Å². The molecule has 2 rings (SSSR count). The van der Waals surface area contributed by atoms with E-state index in [9.17, 15) is 9.18 Å². The van der Waals surface area contributed by atoms with E-state index in [1.807, 2.05) is 6.92 Å². The molecule has 1 aromatic rings. The Labute approximate surface area is 100 Å². The van der Waals surface area contributed by atoms with Crippen LogP contribution in [0.1, 0.15) is 12.5 Å². The van der Waals surface area contributed by atoms with Crippen molar-refractivity contribution in [3.8, 4) is 0 Å². The number of aryl methyl sites for hydroxylation is 1. The zero-order valence-corrected chi connectivity index (χ0v) is 10.1. The Bertz CT molecular complexity index is 433. The van der Waals surface area contributed by atoms with Crippen LogP contribution in [0.15, 0.2) is 18.2 Å². The summed E-state index contributed by atoms with van der Waals surface area (Å²) in [5, 5.41) is 5.94. The van der Waals surface area contributed by atoms with Crippen LogP contribution >= 0.6 is 0 Å². The summed E-state index contributed by atoms with van der Waals surface area (Å²) in [4.78, 5) is 11.9. The molecule has 1 heterocycles. The van der Waals surface area contributed by atoms with Gasteiger partial charge >= 0.3 is 0 Å². The van der Waals surface area contributed by atoms with Gasteiger partial charge in [-0.3, -0.25) is 4.79 Å². The van der Waals surface area contributed by atoms with E-state index in [0.717, 1.165) is 6.54 Å². The fraction of sp³-hybridized carbons (Fsp3) is 0.462. The van der Waals surface area contributed by atoms with Gasteiger partial charge in [-0.25, -0.2) is 4.39 Å². The smallest absolute Gasteiger partial charge is 0.229 e. The molecule has 1 amide bonds. The predicted octanol–water partition coefficient (Wildman–Crippen LogP) is 1.93. The van der Waals surface area contributed by atoms with E-state index in [4.69, 9.17) is 0 Å². The van der Waals surface area contributed by atoms with Crippen LogP contribution in [0.2, 0.25) is 0 Å². The summed E-state index contributed by atoms with van der Waals surface area (Å²) in [6.07, 6.45) is 0. The van der Waals surface area contributed by atoms with Crippen LogP contribution in [0.3, 0.4) is 0 Å². The highest BCUT2D eigenvalue weighted by molar-refractivity contribution is 5.93. The summed E-state index contributed by atoms with van der Waals surface area (Å²) in [5.41, 5.74) is 1.11. The van der Waals surface area contributed by atoms with Gasteiger partial charge in [-0.2, -0.15) is 0 Å². The van der Waals surface area contributed by atoms with Crippen molar-refractivity contribution in [3.05, 3.63) is 29.6 Å². The molecule has 2 N–H and O–H groups in total. The van der Waals surface area contributed by atoms with Gasteiger partial charge in [-0.05, 0) is 37.1 Å². The molecule has 2 atom stereocenters. The fourth-order valence-corrected chi connectivity index (χ4v) is 2.07. The highest BCUT2D eigenvalue weighted by Gasteiger charge is 2.29. The average Bonchev–Trinajstić information content (AvgIpc) is 2.70. The third kappa shape index (κ3) is 2.64. The molecule has 1 aliphatic heterocycles. The maximum atomic E-state index is 13.3. The molecule has 92 valence electrons. The van der Waals surface area contributed by atoms with Gasteiger partial charge in [0.05, 0.1) is 5.92 Å². The van der Waals surface area contributed by atoms with E-state index in [1.165, 1.54) is 6.07 Å². The number of rotatable bonds is 2. The number of halogens is 1. The number of amides is 1. The molecule has 0 radical (unpaired) electrons. The summed E-state index contributed by atoms with van der Waals surface area (Å²) in [6.45, 7) is 5.30. The zero-order chi connectivity index (χ0) is 12.4. The lowest BCUT2D eigenvalue weighted by Gasteiger charge is -2.14. The van der Waals surface area contributed by atoms with Gasteiger partial charge in [-0.15, -0.1) is 0 Å². The molecule has 0 aliphatic carbocycles. The minimum Gasteiger partial charge on any atom is -0.326 e. The Hall–Kier alpha value is -1.42. The van der Waals surface area contributed by atoms with Crippen LogP contribution in [0.25, 0.3) is 0 Å². The van der Waals surface area contributed by atoms with Crippen molar-refractivity contribution < 1.29 is 9.18 Å². The van der Waals surface area contributed by atoms with Gasteiger partial charge in [0, 0.05) is 12.2 Å². The van der Waals surface area contributed by atoms with Gasteiger partial charge < -0.3 is 10.6 Å². The molecule has 3 nitrogen and oxygen atoms in total. The van der Waals surface area contributed by atoms with E-state index < -0.39 is 0 Å². The lowest BCUT2D eigenvalue weighted by Crippen LogP contribution is -2.27. The highest BCUT2D eigenvalue weighted by atomic mass is 19.1. The van der Waals surface area contributed by atoms with Crippen molar-refractivity contribution in [1.82, 2.24) is 5.32 Å². The van der Waals surface area contributed by atoms with E-state index in [0.29, 0.717) is 23.7 Å². The van der Waals surface area contributed by atoms with E-state index >= 15 is 0 Å². The van der Waals surface area contributed by atoms with Crippen LogP contribution in [-0.4, -0.2) is 19.0 Å². The maximum Gasteiger partial charge on any atom is 0.229 e. The molecule has 17 heavy (non-hydrogen) atoms. The lowest BCUT2D eigenvalue weighted by molar-refractivity contribution is -0.120. The van der Waals surface area contributed by atoms with Crippen LogP contribution in [-0.2, 0) is 4.79 Å². The average molecular weight is 236 g/mol. The van der Waals surface area contributed by atoms with Gasteiger partial charge in [-0.1, -0.05) is 13.0 Å². The van der Waals surface area contributed by atoms with Crippen molar-refractivity contribution in [2.75, 3.05) is 18.4 Å². The minimum atomic E-state index is -0.291. The largest absolute Gasteiger partial charge is 0.326 e. The Balaban J connectivity index is 2.05. The van der Waals surface area contributed by atoms with Gasteiger partial charge in [0.15, 0.2) is 0 Å². The van der Waals surface area contributed by atoms with Gasteiger partial charge in [0.2, 0.25) is 5.91 Å². The SMILES string of the molecule is Cc1ccc(NC(=O)C2CNCC2C)cc1F. The van der Waals surface area contributed by atoms with Gasteiger partial charge in [0.25, 0.3) is 0 Å². The number of hydrogen-bond donors (Lipinski definition) is 2. The summed E-state index contributed by atoms with van der Waals surface area (Å²) in [5.74, 6) is -0.0317. The molecule has 1 saturated heterocycles. The Morgan fingerprint density at radius 1 is 1.47 bits per heavy atom. The van der Waals surface area contributed by atoms with Crippen molar-refractivity contribution in [2.24, 2.45) is 11.8 Å². The normalized spacial score (nSPS) is 23.7. The molecular formula is C13H17FN2O. The molecule has 0 aromatic heterocycles. The third-order valence-corrected chi connectivity index (χ3v) is 3.29. The highest BCUT2D eigenvalue weighted by Crippen LogP contribution is 2.19. The summed E-state index contributed by atoms with van der Waals surface area (Å²) in [7, 11) is 0. The first-order chi connectivity index (χ1) is 8.08. The molecule has 0 saturated carbocycles. The molecule has 1 aromatic carbocycles. The first-order valence-electron chi connectivity index (χ1n) is 5.85. The second-order valence-electron chi connectivity index (χ2n) is 4.70. The van der Waals surface area contributed by atoms with Crippen molar-refractivity contribution >= 4 is 11.6 Å². The van der Waals surface area contributed by atoms with E-state index in [2.05, 4.69) is 10.6 Å². The zero-order valence-electron chi connectivity index (χ0n) is 10.1. The fourth-order valence-electron chi connectivity index (χ4n) is 2.07. The Kier molecular flexibility index (Phi) is 3.43. The quantitative estimate of drug-likeness (QED) is 0.823. The molecule has 0 spiro atoms. The van der Waals surface area contributed by atoms with E-state index in [1.54, 1.807) is 19.1 Å². The number of benzene rings is 1. The molecule has 2 unspecified atom stereocenters. The standard InChI is InChI=1S/C13H17FN2O/c1-8-3-4-10(5-12(8)14)16-13(17)11-7-15-6-9(11)2/h3-5,9,11,15H,6-7H2,1-2H3,(H,16,17). The number of hydrogen-bond acceptors (Lipinski definition) is 2. The lowest BCUT2D eigenvalue weighted by atomic mass is 9.97. The Morgan fingerprint density at radius 3 is 2.82 bits per heavy atom. The topological polar surface area (TPSA) is 41.1 Å². The van der Waals surface area contributed by atoms with Crippen LogP contribution in [0.4, 0.5) is 10.1 Å². The first kappa shape index (κ1) is 12.0. The first-order valence-corrected chi connectivity index (χ1v) is 5.85. The van der Waals surface area contributed by atoms with Crippen LogP contribution in [0, 0.1) is 24.6 Å². The van der Waals surface area contributed by atoms with Crippen molar-refractivity contribution in [2.45, 2.75) is 13.8 Å². The van der Waals surface area contributed by atoms with Gasteiger partial charge in [0.1, 0.15) is 5.82 Å². The monoisotopic (exact) mass is 236 g/mol. The number of anilines is 1. The third-order valence-electron chi connectivity index (χ3n) is 3.29. The number of nitrogens with one attached hydrogen (secondary N) is 2. The van der Waals surface area contributed by atoms with Crippen LogP contribution in [0.5, 0.6) is 0 Å². The summed E-state index contributed by atoms with van der Waals surface area (Å²) in [6, 6.07) is 4.75. The predicted molar refractivity (Wildman–Crippen MR) is 65.3 cm³/mol. The minimum absolute atomic E-state index is 0.0284. The van der Waals surface area contributed by atoms with E-state index in [-0.39, 0.29) is 17.6 Å². The molecule has 4 heteroatoms. The summed E-state index contributed by atoms with van der Waals surface area (Å²) < 4.78 is 13.3. The molecule has 0 bridgehead atoms. The van der Waals surface area contributed by atoms with Crippen LogP contribution < -0.4 is 10.6 Å². The maximum absolute atomic E-state index is 13.3. The Morgan fingerprint density at radius 2 is 2.24 bits per heavy atom.